The smallest absolute Gasteiger partial charge is 0.406 e. The van der Waals surface area contributed by atoms with Gasteiger partial charge in [-0.15, -0.1) is 13.2 Å². The number of anilines is 1. The summed E-state index contributed by atoms with van der Waals surface area (Å²) in [5.41, 5.74) is 1.29. The van der Waals surface area contributed by atoms with Gasteiger partial charge >= 0.3 is 6.36 Å². The van der Waals surface area contributed by atoms with E-state index in [0.29, 0.717) is 29.7 Å². The number of ether oxygens (including phenoxy) is 1. The van der Waals surface area contributed by atoms with Gasteiger partial charge in [0, 0.05) is 17.2 Å². The van der Waals surface area contributed by atoms with Gasteiger partial charge in [0.1, 0.15) is 5.75 Å². The topological polar surface area (TPSA) is 77.3 Å². The molecule has 29 heavy (non-hydrogen) atoms. The normalized spacial score (nSPS) is 13.9. The van der Waals surface area contributed by atoms with Gasteiger partial charge in [-0.25, -0.2) is 0 Å². The molecule has 0 aliphatic heterocycles. The monoisotopic (exact) mass is 403 g/mol. The van der Waals surface area contributed by atoms with E-state index < -0.39 is 18.0 Å². The molecular weight excluding hydrogens is 387 g/mol. The van der Waals surface area contributed by atoms with Gasteiger partial charge in [-0.05, 0) is 42.7 Å². The molecule has 0 saturated heterocycles. The minimum Gasteiger partial charge on any atom is -0.406 e. The Morgan fingerprint density at radius 1 is 1.17 bits per heavy atom. The first-order valence-electron chi connectivity index (χ1n) is 8.95. The highest BCUT2D eigenvalue weighted by Gasteiger charge is 2.31. The van der Waals surface area contributed by atoms with Gasteiger partial charge < -0.3 is 14.6 Å². The van der Waals surface area contributed by atoms with Crippen molar-refractivity contribution in [3.8, 4) is 5.75 Å². The molecule has 0 radical (unpaired) electrons. The largest absolute Gasteiger partial charge is 0.573 e. The first-order chi connectivity index (χ1) is 13.9. The average molecular weight is 403 g/mol. The molecule has 0 atom stereocenters. The van der Waals surface area contributed by atoms with Crippen LogP contribution in [0.5, 0.6) is 5.75 Å². The number of nitrogens with one attached hydrogen (secondary N) is 1. The van der Waals surface area contributed by atoms with Gasteiger partial charge in [0.05, 0.1) is 6.42 Å². The molecule has 1 saturated carbocycles. The lowest BCUT2D eigenvalue weighted by atomic mass is 10.1. The maximum absolute atomic E-state index is 12.5. The highest BCUT2D eigenvalue weighted by atomic mass is 19.4. The molecule has 1 fully saturated rings. The highest BCUT2D eigenvalue weighted by molar-refractivity contribution is 6.04. The minimum atomic E-state index is -4.83. The van der Waals surface area contributed by atoms with Gasteiger partial charge in [0.15, 0.2) is 5.82 Å². The van der Waals surface area contributed by atoms with Gasteiger partial charge in [0.25, 0.3) is 5.91 Å². The van der Waals surface area contributed by atoms with Crippen molar-refractivity contribution in [3.05, 3.63) is 71.4 Å². The third-order valence-corrected chi connectivity index (χ3v) is 4.36. The molecule has 0 spiro atoms. The van der Waals surface area contributed by atoms with Crippen LogP contribution in [0.4, 0.5) is 18.9 Å². The Labute approximate surface area is 163 Å². The van der Waals surface area contributed by atoms with Crippen molar-refractivity contribution < 1.29 is 27.2 Å². The van der Waals surface area contributed by atoms with Crippen LogP contribution in [-0.2, 0) is 6.42 Å². The summed E-state index contributed by atoms with van der Waals surface area (Å²) in [7, 11) is 0. The fraction of sp³-hybridized carbons (Fsp3) is 0.250. The standard InChI is InChI=1S/C20H16F3N3O3/c21-20(22,23)28-15-6-3-5-14(10-15)19(27)24-16-7-2-1-4-13(16)11-17-25-18(26-29-17)12-8-9-12/h1-7,10,12H,8-9,11H2,(H,24,27). The van der Waals surface area contributed by atoms with E-state index in [1.165, 1.54) is 12.1 Å². The fourth-order valence-electron chi connectivity index (χ4n) is 2.84. The fourth-order valence-corrected chi connectivity index (χ4v) is 2.84. The molecule has 9 heteroatoms. The van der Waals surface area contributed by atoms with Crippen molar-refractivity contribution in [2.75, 3.05) is 5.32 Å². The highest BCUT2D eigenvalue weighted by Crippen LogP contribution is 2.38. The quantitative estimate of drug-likeness (QED) is 0.646. The van der Waals surface area contributed by atoms with E-state index in [-0.39, 0.29) is 5.56 Å². The van der Waals surface area contributed by atoms with Crippen LogP contribution in [0.15, 0.2) is 53.1 Å². The lowest BCUT2D eigenvalue weighted by Crippen LogP contribution is -2.18. The number of aromatic nitrogens is 2. The van der Waals surface area contributed by atoms with E-state index in [2.05, 4.69) is 20.2 Å². The summed E-state index contributed by atoms with van der Waals surface area (Å²) in [6.45, 7) is 0. The molecule has 4 rings (SSSR count). The zero-order valence-electron chi connectivity index (χ0n) is 15.1. The summed E-state index contributed by atoms with van der Waals surface area (Å²) >= 11 is 0. The van der Waals surface area contributed by atoms with E-state index in [4.69, 9.17) is 4.52 Å². The minimum absolute atomic E-state index is 0.0374. The molecule has 3 aromatic rings. The number of hydrogen-bond donors (Lipinski definition) is 1. The molecule has 1 heterocycles. The molecular formula is C20H16F3N3O3. The number of amides is 1. The molecule has 1 amide bonds. The van der Waals surface area contributed by atoms with Crippen molar-refractivity contribution in [1.82, 2.24) is 10.1 Å². The van der Waals surface area contributed by atoms with Gasteiger partial charge in [-0.3, -0.25) is 4.79 Å². The summed E-state index contributed by atoms with van der Waals surface area (Å²) in [6, 6.07) is 11.9. The molecule has 1 aliphatic rings. The predicted octanol–water partition coefficient (Wildman–Crippen LogP) is 4.69. The SMILES string of the molecule is O=C(Nc1ccccc1Cc1nc(C2CC2)no1)c1cccc(OC(F)(F)F)c1. The van der Waals surface area contributed by atoms with Gasteiger partial charge in [-0.1, -0.05) is 29.4 Å². The summed E-state index contributed by atoms with van der Waals surface area (Å²) in [5, 5.41) is 6.69. The summed E-state index contributed by atoms with van der Waals surface area (Å²) in [5.74, 6) is 0.483. The van der Waals surface area contributed by atoms with Crippen molar-refractivity contribution >= 4 is 11.6 Å². The first-order valence-corrected chi connectivity index (χ1v) is 8.95. The lowest BCUT2D eigenvalue weighted by molar-refractivity contribution is -0.274. The van der Waals surface area contributed by atoms with E-state index in [1.807, 2.05) is 0 Å². The molecule has 1 N–H and O–H groups in total. The lowest BCUT2D eigenvalue weighted by Gasteiger charge is -2.12. The van der Waals surface area contributed by atoms with E-state index in [9.17, 15) is 18.0 Å². The first kappa shape index (κ1) is 19.0. The van der Waals surface area contributed by atoms with Crippen molar-refractivity contribution in [2.45, 2.75) is 31.5 Å². The number of nitrogens with zero attached hydrogens (tertiary/aromatic N) is 2. The number of para-hydroxylation sites is 1. The summed E-state index contributed by atoms with van der Waals surface area (Å²) in [4.78, 5) is 16.9. The third kappa shape index (κ3) is 4.92. The van der Waals surface area contributed by atoms with Crippen LogP contribution in [0.2, 0.25) is 0 Å². The maximum atomic E-state index is 12.5. The van der Waals surface area contributed by atoms with Crippen LogP contribution >= 0.6 is 0 Å². The van der Waals surface area contributed by atoms with Gasteiger partial charge in [0.2, 0.25) is 5.89 Å². The maximum Gasteiger partial charge on any atom is 0.573 e. The predicted molar refractivity (Wildman–Crippen MR) is 96.6 cm³/mol. The zero-order chi connectivity index (χ0) is 20.4. The Morgan fingerprint density at radius 3 is 2.72 bits per heavy atom. The van der Waals surface area contributed by atoms with E-state index in [0.717, 1.165) is 30.5 Å². The number of rotatable bonds is 6. The van der Waals surface area contributed by atoms with Crippen LogP contribution in [0.1, 0.15) is 46.4 Å². The second-order valence-corrected chi connectivity index (χ2v) is 6.68. The summed E-state index contributed by atoms with van der Waals surface area (Å²) < 4.78 is 46.3. The van der Waals surface area contributed by atoms with Gasteiger partial charge in [-0.2, -0.15) is 4.98 Å². The van der Waals surface area contributed by atoms with Crippen molar-refractivity contribution in [3.63, 3.8) is 0 Å². The van der Waals surface area contributed by atoms with Crippen LogP contribution in [-0.4, -0.2) is 22.4 Å². The molecule has 0 unspecified atom stereocenters. The zero-order valence-corrected chi connectivity index (χ0v) is 15.1. The van der Waals surface area contributed by atoms with Crippen molar-refractivity contribution in [2.24, 2.45) is 0 Å². The Kier molecular flexibility index (Phi) is 4.96. The number of benzene rings is 2. The number of carbonyl (C=O) groups is 1. The van der Waals surface area contributed by atoms with Crippen LogP contribution in [0, 0.1) is 0 Å². The molecule has 150 valence electrons. The number of alkyl halides is 3. The number of hydrogen-bond acceptors (Lipinski definition) is 5. The number of carbonyl (C=O) groups excluding carboxylic acids is 1. The Bertz CT molecular complexity index is 1030. The molecule has 0 bridgehead atoms. The second-order valence-electron chi connectivity index (χ2n) is 6.68. The Morgan fingerprint density at radius 2 is 1.97 bits per heavy atom. The van der Waals surface area contributed by atoms with Crippen LogP contribution < -0.4 is 10.1 Å². The average Bonchev–Trinajstić information content (AvgIpc) is 3.41. The van der Waals surface area contributed by atoms with Crippen LogP contribution in [0.25, 0.3) is 0 Å². The van der Waals surface area contributed by atoms with E-state index in [1.54, 1.807) is 24.3 Å². The molecule has 6 nitrogen and oxygen atoms in total. The summed E-state index contributed by atoms with van der Waals surface area (Å²) in [6.07, 6.45) is -2.38. The van der Waals surface area contributed by atoms with Crippen molar-refractivity contribution in [1.29, 1.82) is 0 Å². The third-order valence-electron chi connectivity index (χ3n) is 4.36. The van der Waals surface area contributed by atoms with Crippen LogP contribution in [0.3, 0.4) is 0 Å². The molecule has 1 aromatic heterocycles. The number of halogens is 3. The molecule has 2 aromatic carbocycles. The second kappa shape index (κ2) is 7.57. The Hall–Kier alpha value is -3.36. The molecule has 1 aliphatic carbocycles. The van der Waals surface area contributed by atoms with E-state index >= 15 is 0 Å². The Balaban J connectivity index is 1.49.